The van der Waals surface area contributed by atoms with E-state index in [1.807, 2.05) is 6.20 Å². The zero-order valence-corrected chi connectivity index (χ0v) is 13.3. The Bertz CT molecular complexity index is 449. The van der Waals surface area contributed by atoms with E-state index in [2.05, 4.69) is 34.6 Å². The van der Waals surface area contributed by atoms with Gasteiger partial charge in [-0.2, -0.15) is 0 Å². The van der Waals surface area contributed by atoms with Gasteiger partial charge in [-0.3, -0.25) is 0 Å². The van der Waals surface area contributed by atoms with E-state index >= 15 is 0 Å². The number of nitrogens with zero attached hydrogens (tertiary/aromatic N) is 3. The minimum absolute atomic E-state index is 0.0837. The summed E-state index contributed by atoms with van der Waals surface area (Å²) in [5, 5.41) is 0. The minimum Gasteiger partial charge on any atom is -0.381 e. The smallest absolute Gasteiger partial charge is 0.105 e. The Morgan fingerprint density at radius 2 is 2.19 bits per heavy atom. The Kier molecular flexibility index (Phi) is 4.62. The first kappa shape index (κ1) is 15.0. The van der Waals surface area contributed by atoms with Crippen molar-refractivity contribution in [3.63, 3.8) is 0 Å². The second kappa shape index (κ2) is 6.46. The van der Waals surface area contributed by atoms with Crippen LogP contribution in [0.1, 0.15) is 31.5 Å². The zero-order valence-electron chi connectivity index (χ0n) is 13.3. The average molecular weight is 293 g/mol. The molecule has 1 aromatic heterocycles. The Morgan fingerprint density at radius 1 is 1.38 bits per heavy atom. The molecule has 2 aliphatic heterocycles. The Morgan fingerprint density at radius 3 is 2.90 bits per heavy atom. The van der Waals surface area contributed by atoms with Crippen LogP contribution in [0.5, 0.6) is 0 Å². The normalized spacial score (nSPS) is 25.6. The van der Waals surface area contributed by atoms with Gasteiger partial charge in [-0.15, -0.1) is 0 Å². The number of ether oxygens (including phenoxy) is 2. The van der Waals surface area contributed by atoms with Crippen molar-refractivity contribution in [1.82, 2.24) is 14.5 Å². The molecule has 0 radical (unpaired) electrons. The molecule has 5 heteroatoms. The summed E-state index contributed by atoms with van der Waals surface area (Å²) in [4.78, 5) is 6.79. The third kappa shape index (κ3) is 3.47. The molecule has 118 valence electrons. The predicted molar refractivity (Wildman–Crippen MR) is 81.4 cm³/mol. The van der Waals surface area contributed by atoms with E-state index in [1.165, 1.54) is 0 Å². The molecule has 0 bridgehead atoms. The van der Waals surface area contributed by atoms with Crippen molar-refractivity contribution >= 4 is 0 Å². The van der Waals surface area contributed by atoms with Crippen molar-refractivity contribution in [1.29, 1.82) is 0 Å². The Hall–Kier alpha value is -0.910. The van der Waals surface area contributed by atoms with Crippen LogP contribution in [0, 0.1) is 6.92 Å². The lowest BCUT2D eigenvalue weighted by Gasteiger charge is -2.45. The molecule has 0 unspecified atom stereocenters. The molecule has 0 aromatic carbocycles. The van der Waals surface area contributed by atoms with Crippen LogP contribution in [0.2, 0.25) is 0 Å². The van der Waals surface area contributed by atoms with Crippen molar-refractivity contribution in [2.45, 2.75) is 50.8 Å². The molecular formula is C16H27N3O2. The maximum Gasteiger partial charge on any atom is 0.105 e. The van der Waals surface area contributed by atoms with E-state index in [4.69, 9.17) is 9.47 Å². The summed E-state index contributed by atoms with van der Waals surface area (Å²) in [6, 6.07) is 0.626. The SMILES string of the molecule is Cc1nccn1CCN(C)[C@H]1CCOC2(CCOCC2)C1. The fourth-order valence-electron chi connectivity index (χ4n) is 3.56. The number of aryl methyl sites for hydroxylation is 1. The minimum atomic E-state index is 0.0837. The highest BCUT2D eigenvalue weighted by atomic mass is 16.5. The van der Waals surface area contributed by atoms with Gasteiger partial charge in [-0.25, -0.2) is 4.98 Å². The van der Waals surface area contributed by atoms with Gasteiger partial charge >= 0.3 is 0 Å². The molecule has 5 nitrogen and oxygen atoms in total. The molecule has 21 heavy (non-hydrogen) atoms. The van der Waals surface area contributed by atoms with Gasteiger partial charge in [0.25, 0.3) is 0 Å². The number of hydrogen-bond donors (Lipinski definition) is 0. The molecular weight excluding hydrogens is 266 g/mol. The van der Waals surface area contributed by atoms with Gasteiger partial charge in [-0.05, 0) is 39.7 Å². The number of hydrogen-bond acceptors (Lipinski definition) is 4. The average Bonchev–Trinajstić information content (AvgIpc) is 2.91. The van der Waals surface area contributed by atoms with Gasteiger partial charge in [0, 0.05) is 51.3 Å². The molecule has 0 N–H and O–H groups in total. The van der Waals surface area contributed by atoms with Crippen LogP contribution in [0.3, 0.4) is 0 Å². The van der Waals surface area contributed by atoms with Gasteiger partial charge in [-0.1, -0.05) is 0 Å². The van der Waals surface area contributed by atoms with E-state index in [0.29, 0.717) is 6.04 Å². The predicted octanol–water partition coefficient (Wildman–Crippen LogP) is 1.85. The molecule has 2 fully saturated rings. The standard InChI is InChI=1S/C16H27N3O2/c1-14-17-6-7-19(14)9-8-18(2)15-3-10-21-16(13-15)4-11-20-12-5-16/h6-7,15H,3-5,8-13H2,1-2H3/t15-/m0/s1. The highest BCUT2D eigenvalue weighted by Gasteiger charge is 2.39. The van der Waals surface area contributed by atoms with Crippen molar-refractivity contribution in [2.24, 2.45) is 0 Å². The van der Waals surface area contributed by atoms with Gasteiger partial charge < -0.3 is 18.9 Å². The molecule has 0 amide bonds. The number of likely N-dealkylation sites (N-methyl/N-ethyl adjacent to an activating group) is 1. The third-order valence-electron chi connectivity index (χ3n) is 5.11. The highest BCUT2D eigenvalue weighted by molar-refractivity contribution is 4.93. The lowest BCUT2D eigenvalue weighted by Crippen LogP contribution is -2.50. The summed E-state index contributed by atoms with van der Waals surface area (Å²) in [7, 11) is 2.25. The summed E-state index contributed by atoms with van der Waals surface area (Å²) < 4.78 is 13.9. The van der Waals surface area contributed by atoms with Crippen LogP contribution in [0.4, 0.5) is 0 Å². The van der Waals surface area contributed by atoms with E-state index in [1.54, 1.807) is 0 Å². The van der Waals surface area contributed by atoms with Gasteiger partial charge in [0.15, 0.2) is 0 Å². The lowest BCUT2D eigenvalue weighted by molar-refractivity contribution is -0.149. The molecule has 1 spiro atoms. The first-order chi connectivity index (χ1) is 10.2. The van der Waals surface area contributed by atoms with Gasteiger partial charge in [0.05, 0.1) is 5.60 Å². The van der Waals surface area contributed by atoms with Crippen LogP contribution < -0.4 is 0 Å². The lowest BCUT2D eigenvalue weighted by atomic mass is 9.83. The zero-order chi connectivity index (χ0) is 14.7. The summed E-state index contributed by atoms with van der Waals surface area (Å²) in [6.07, 6.45) is 8.33. The summed E-state index contributed by atoms with van der Waals surface area (Å²) in [5.41, 5.74) is 0.0837. The van der Waals surface area contributed by atoms with Crippen LogP contribution in [0.25, 0.3) is 0 Å². The summed E-state index contributed by atoms with van der Waals surface area (Å²) in [5.74, 6) is 1.09. The molecule has 1 atom stereocenters. The van der Waals surface area contributed by atoms with E-state index < -0.39 is 0 Å². The van der Waals surface area contributed by atoms with Crippen molar-refractivity contribution in [3.8, 4) is 0 Å². The molecule has 3 rings (SSSR count). The number of aromatic nitrogens is 2. The fourth-order valence-corrected chi connectivity index (χ4v) is 3.56. The quantitative estimate of drug-likeness (QED) is 0.849. The van der Waals surface area contributed by atoms with Crippen LogP contribution in [-0.4, -0.2) is 59.5 Å². The first-order valence-corrected chi connectivity index (χ1v) is 8.08. The van der Waals surface area contributed by atoms with Crippen LogP contribution in [0.15, 0.2) is 12.4 Å². The van der Waals surface area contributed by atoms with E-state index in [-0.39, 0.29) is 5.60 Å². The number of imidazole rings is 1. The van der Waals surface area contributed by atoms with Crippen molar-refractivity contribution < 1.29 is 9.47 Å². The molecule has 1 aromatic rings. The molecule has 2 saturated heterocycles. The van der Waals surface area contributed by atoms with Crippen LogP contribution in [-0.2, 0) is 16.0 Å². The Balaban J connectivity index is 1.54. The van der Waals surface area contributed by atoms with E-state index in [0.717, 1.165) is 64.4 Å². The summed E-state index contributed by atoms with van der Waals surface area (Å²) in [6.45, 7) is 6.73. The maximum absolute atomic E-state index is 6.13. The topological polar surface area (TPSA) is 39.5 Å². The molecule has 2 aliphatic rings. The van der Waals surface area contributed by atoms with Gasteiger partial charge in [0.1, 0.15) is 5.82 Å². The first-order valence-electron chi connectivity index (χ1n) is 8.08. The summed E-state index contributed by atoms with van der Waals surface area (Å²) >= 11 is 0. The maximum atomic E-state index is 6.13. The van der Waals surface area contributed by atoms with Crippen molar-refractivity contribution in [2.75, 3.05) is 33.4 Å². The van der Waals surface area contributed by atoms with Gasteiger partial charge in [0.2, 0.25) is 0 Å². The second-order valence-electron chi connectivity index (χ2n) is 6.44. The molecule has 0 saturated carbocycles. The molecule has 3 heterocycles. The monoisotopic (exact) mass is 293 g/mol. The van der Waals surface area contributed by atoms with E-state index in [9.17, 15) is 0 Å². The highest BCUT2D eigenvalue weighted by Crippen LogP contribution is 2.35. The fraction of sp³-hybridized carbons (Fsp3) is 0.812. The third-order valence-corrected chi connectivity index (χ3v) is 5.11. The second-order valence-corrected chi connectivity index (χ2v) is 6.44. The number of rotatable bonds is 4. The van der Waals surface area contributed by atoms with Crippen LogP contribution >= 0.6 is 0 Å². The molecule has 0 aliphatic carbocycles. The Labute approximate surface area is 127 Å². The van der Waals surface area contributed by atoms with Crippen molar-refractivity contribution in [3.05, 3.63) is 18.2 Å². The largest absolute Gasteiger partial charge is 0.381 e.